The number of carbonyl (C=O) groups excluding carboxylic acids is 3. The highest BCUT2D eigenvalue weighted by Crippen LogP contribution is 2.09. The van der Waals surface area contributed by atoms with Gasteiger partial charge in [-0.2, -0.15) is 0 Å². The Morgan fingerprint density at radius 1 is 1.39 bits per heavy atom. The van der Waals surface area contributed by atoms with Crippen LogP contribution in [0.3, 0.4) is 0 Å². The highest BCUT2D eigenvalue weighted by molar-refractivity contribution is 5.99. The number of amides is 2. The molecule has 2 amide bonds. The van der Waals surface area contributed by atoms with Gasteiger partial charge in [0.25, 0.3) is 5.91 Å². The largest absolute Gasteiger partial charge is 0.464 e. The summed E-state index contributed by atoms with van der Waals surface area (Å²) in [5.41, 5.74) is 0.767. The molecule has 1 aliphatic heterocycles. The van der Waals surface area contributed by atoms with Gasteiger partial charge in [0.15, 0.2) is 5.96 Å². The molecule has 2 atom stereocenters. The van der Waals surface area contributed by atoms with E-state index >= 15 is 0 Å². The number of ether oxygens (including phenoxy) is 1. The summed E-state index contributed by atoms with van der Waals surface area (Å²) in [6.45, 7) is 3.74. The van der Waals surface area contributed by atoms with Crippen LogP contribution < -0.4 is 21.3 Å². The van der Waals surface area contributed by atoms with Crippen LogP contribution >= 0.6 is 0 Å². The summed E-state index contributed by atoms with van der Waals surface area (Å²) in [6.07, 6.45) is 2.35. The molecular weight excluding hydrogens is 368 g/mol. The van der Waals surface area contributed by atoms with Crippen LogP contribution in [0.5, 0.6) is 0 Å². The third kappa shape index (κ3) is 6.50. The first-order valence-electron chi connectivity index (χ1n) is 8.81. The van der Waals surface area contributed by atoms with Gasteiger partial charge in [-0.05, 0) is 19.9 Å². The SMILES string of the molecule is CCOC(=O)C(C)NC(=O)CNC(=O)c1cncc(NC2=NCC(O)CN2)c1. The van der Waals surface area contributed by atoms with Crippen LogP contribution in [0.2, 0.25) is 0 Å². The Balaban J connectivity index is 1.85. The third-order valence-electron chi connectivity index (χ3n) is 3.66. The van der Waals surface area contributed by atoms with E-state index in [9.17, 15) is 19.5 Å². The van der Waals surface area contributed by atoms with Crippen molar-refractivity contribution >= 4 is 29.4 Å². The van der Waals surface area contributed by atoms with E-state index in [4.69, 9.17) is 4.74 Å². The smallest absolute Gasteiger partial charge is 0.328 e. The van der Waals surface area contributed by atoms with Crippen LogP contribution in [0.4, 0.5) is 5.69 Å². The quantitative estimate of drug-likeness (QED) is 0.356. The highest BCUT2D eigenvalue weighted by Gasteiger charge is 2.17. The zero-order valence-corrected chi connectivity index (χ0v) is 15.7. The minimum Gasteiger partial charge on any atom is -0.464 e. The molecule has 0 saturated carbocycles. The topological polar surface area (TPSA) is 154 Å². The molecule has 28 heavy (non-hydrogen) atoms. The number of hydrogen-bond acceptors (Lipinski definition) is 9. The van der Waals surface area contributed by atoms with Crippen molar-refractivity contribution in [3.63, 3.8) is 0 Å². The van der Waals surface area contributed by atoms with Crippen LogP contribution in [-0.4, -0.2) is 72.2 Å². The molecule has 0 fully saturated rings. The Kier molecular flexibility index (Phi) is 7.69. The summed E-state index contributed by atoms with van der Waals surface area (Å²) in [6, 6.07) is 0.748. The number of anilines is 1. The Bertz CT molecular complexity index is 753. The number of aromatic nitrogens is 1. The molecular formula is C17H24N6O5. The van der Waals surface area contributed by atoms with E-state index in [1.807, 2.05) is 0 Å². The van der Waals surface area contributed by atoms with Crippen LogP contribution in [-0.2, 0) is 14.3 Å². The minimum atomic E-state index is -0.805. The number of hydrogen-bond donors (Lipinski definition) is 5. The maximum absolute atomic E-state index is 12.2. The third-order valence-corrected chi connectivity index (χ3v) is 3.66. The summed E-state index contributed by atoms with van der Waals surface area (Å²) in [5, 5.41) is 20.2. The maximum Gasteiger partial charge on any atom is 0.328 e. The lowest BCUT2D eigenvalue weighted by Gasteiger charge is -2.19. The molecule has 5 N–H and O–H groups in total. The van der Waals surface area contributed by atoms with Crippen molar-refractivity contribution in [3.8, 4) is 0 Å². The fourth-order valence-corrected chi connectivity index (χ4v) is 2.27. The van der Waals surface area contributed by atoms with E-state index in [0.29, 0.717) is 18.2 Å². The second-order valence-electron chi connectivity index (χ2n) is 6.04. The molecule has 11 nitrogen and oxygen atoms in total. The number of aliphatic hydroxyl groups is 1. The second kappa shape index (κ2) is 10.2. The number of nitrogens with one attached hydrogen (secondary N) is 4. The second-order valence-corrected chi connectivity index (χ2v) is 6.04. The fourth-order valence-electron chi connectivity index (χ4n) is 2.27. The van der Waals surface area contributed by atoms with Gasteiger partial charge >= 0.3 is 5.97 Å². The summed E-state index contributed by atoms with van der Waals surface area (Å²) in [7, 11) is 0. The predicted octanol–water partition coefficient (Wildman–Crippen LogP) is -1.39. The lowest BCUT2D eigenvalue weighted by Crippen LogP contribution is -2.44. The van der Waals surface area contributed by atoms with Crippen molar-refractivity contribution in [1.82, 2.24) is 20.9 Å². The Morgan fingerprint density at radius 2 is 2.18 bits per heavy atom. The molecule has 0 bridgehead atoms. The normalized spacial score (nSPS) is 16.8. The average Bonchev–Trinajstić information content (AvgIpc) is 2.68. The maximum atomic E-state index is 12.2. The summed E-state index contributed by atoms with van der Waals surface area (Å²) in [4.78, 5) is 43.7. The van der Waals surface area contributed by atoms with E-state index in [1.54, 1.807) is 13.0 Å². The summed E-state index contributed by atoms with van der Waals surface area (Å²) in [5.74, 6) is -1.09. The lowest BCUT2D eigenvalue weighted by molar-refractivity contribution is -0.146. The number of carbonyl (C=O) groups is 3. The Labute approximate surface area is 162 Å². The molecule has 2 unspecified atom stereocenters. The van der Waals surface area contributed by atoms with Gasteiger partial charge in [0.1, 0.15) is 6.04 Å². The first-order valence-corrected chi connectivity index (χ1v) is 8.81. The summed E-state index contributed by atoms with van der Waals surface area (Å²) >= 11 is 0. The number of esters is 1. The predicted molar refractivity (Wildman–Crippen MR) is 101 cm³/mol. The first kappa shape index (κ1) is 21.1. The van der Waals surface area contributed by atoms with Gasteiger partial charge in [0, 0.05) is 12.7 Å². The molecule has 0 aliphatic carbocycles. The van der Waals surface area contributed by atoms with Crippen molar-refractivity contribution in [1.29, 1.82) is 0 Å². The molecule has 0 spiro atoms. The Morgan fingerprint density at radius 3 is 2.86 bits per heavy atom. The van der Waals surface area contributed by atoms with E-state index in [2.05, 4.69) is 31.2 Å². The number of nitrogens with zero attached hydrogens (tertiary/aromatic N) is 2. The zero-order valence-electron chi connectivity index (χ0n) is 15.7. The van der Waals surface area contributed by atoms with Crippen molar-refractivity contribution < 1.29 is 24.2 Å². The zero-order chi connectivity index (χ0) is 20.5. The molecule has 1 aliphatic rings. The van der Waals surface area contributed by atoms with E-state index in [1.165, 1.54) is 19.3 Å². The molecule has 0 aromatic carbocycles. The average molecular weight is 392 g/mol. The molecule has 0 radical (unpaired) electrons. The van der Waals surface area contributed by atoms with Crippen LogP contribution in [0.25, 0.3) is 0 Å². The number of guanidine groups is 1. The molecule has 2 heterocycles. The lowest BCUT2D eigenvalue weighted by atomic mass is 10.2. The van der Waals surface area contributed by atoms with Gasteiger partial charge in [0.05, 0.1) is 43.2 Å². The molecule has 1 aromatic heterocycles. The van der Waals surface area contributed by atoms with Gasteiger partial charge in [-0.15, -0.1) is 0 Å². The monoisotopic (exact) mass is 392 g/mol. The van der Waals surface area contributed by atoms with Crippen LogP contribution in [0, 0.1) is 0 Å². The molecule has 0 saturated heterocycles. The van der Waals surface area contributed by atoms with Crippen LogP contribution in [0.1, 0.15) is 24.2 Å². The number of pyridine rings is 1. The first-order chi connectivity index (χ1) is 13.4. The molecule has 2 rings (SSSR count). The van der Waals surface area contributed by atoms with E-state index < -0.39 is 29.9 Å². The minimum absolute atomic E-state index is 0.218. The van der Waals surface area contributed by atoms with Gasteiger partial charge in [-0.3, -0.25) is 19.6 Å². The number of rotatable bonds is 7. The van der Waals surface area contributed by atoms with Gasteiger partial charge < -0.3 is 31.1 Å². The summed E-state index contributed by atoms with van der Waals surface area (Å²) < 4.78 is 4.80. The van der Waals surface area contributed by atoms with Crippen LogP contribution in [0.15, 0.2) is 23.5 Å². The molecule has 11 heteroatoms. The Hall–Kier alpha value is -3.21. The standard InChI is InChI=1S/C17H24N6O5/c1-3-28-16(27)10(2)22-14(25)9-19-15(26)11-4-12(6-18-5-11)23-17-20-7-13(24)8-21-17/h4-6,10,13,24H,3,7-9H2,1-2H3,(H,19,26)(H,22,25)(H2,20,21,23). The van der Waals surface area contributed by atoms with Gasteiger partial charge in [-0.25, -0.2) is 4.79 Å². The van der Waals surface area contributed by atoms with Gasteiger partial charge in [-0.1, -0.05) is 0 Å². The number of aliphatic imine (C=N–C) groups is 1. The van der Waals surface area contributed by atoms with Gasteiger partial charge in [0.2, 0.25) is 5.91 Å². The molecule has 1 aromatic rings. The van der Waals surface area contributed by atoms with Crippen molar-refractivity contribution in [2.24, 2.45) is 4.99 Å². The van der Waals surface area contributed by atoms with Crippen molar-refractivity contribution in [2.45, 2.75) is 26.0 Å². The van der Waals surface area contributed by atoms with E-state index in [0.717, 1.165) is 0 Å². The van der Waals surface area contributed by atoms with Crippen molar-refractivity contribution in [2.75, 3.05) is 31.6 Å². The molecule has 152 valence electrons. The van der Waals surface area contributed by atoms with E-state index in [-0.39, 0.29) is 25.3 Å². The number of aliphatic hydroxyl groups excluding tert-OH is 1. The van der Waals surface area contributed by atoms with Crippen molar-refractivity contribution in [3.05, 3.63) is 24.0 Å². The fraction of sp³-hybridized carbons (Fsp3) is 0.471. The number of β-amino-alcohol motifs (C(OH)–C–C–N with tert-alkyl or cyclic N) is 1. The highest BCUT2D eigenvalue weighted by atomic mass is 16.5.